The van der Waals surface area contributed by atoms with Gasteiger partial charge >= 0.3 is 12.4 Å². The summed E-state index contributed by atoms with van der Waals surface area (Å²) in [6, 6.07) is 0.438. The van der Waals surface area contributed by atoms with Gasteiger partial charge in [-0.05, 0) is 12.8 Å². The van der Waals surface area contributed by atoms with E-state index in [0.717, 1.165) is 12.8 Å². The molecule has 1 aromatic rings. The number of hydrogen-bond acceptors (Lipinski definition) is 4. The maximum Gasteiger partial charge on any atom is 0.423 e. The second-order valence-corrected chi connectivity index (χ2v) is 5.60. The highest BCUT2D eigenvalue weighted by atomic mass is 32.1. The molecule has 120 valence electrons. The molecule has 0 spiro atoms. The van der Waals surface area contributed by atoms with Gasteiger partial charge in [-0.1, -0.05) is 0 Å². The zero-order valence-electron chi connectivity index (χ0n) is 10.6. The number of hydrogen-bond donors (Lipinski definition) is 1. The maximum absolute atomic E-state index is 12.3. The summed E-state index contributed by atoms with van der Waals surface area (Å²) in [5, 5.41) is 5.15. The van der Waals surface area contributed by atoms with Crippen LogP contribution in [0.4, 0.5) is 26.3 Å². The Labute approximate surface area is 120 Å². The monoisotopic (exact) mass is 334 g/mol. The van der Waals surface area contributed by atoms with E-state index < -0.39 is 25.1 Å². The lowest BCUT2D eigenvalue weighted by Crippen LogP contribution is -2.44. The molecular formula is C11H12F6N2OS. The predicted octanol–water partition coefficient (Wildman–Crippen LogP) is 3.40. The molecule has 0 aromatic carbocycles. The van der Waals surface area contributed by atoms with E-state index in [1.807, 2.05) is 0 Å². The van der Waals surface area contributed by atoms with Crippen LogP contribution in [0.25, 0.3) is 0 Å². The molecule has 10 heteroatoms. The standard InChI is InChI=1S/C11H12F6N2OS/c12-10(13,14)9(11(15,16)17)20-4-7-5-21-8(19-7)3-18-6-1-2-6/h5-6,9,18H,1-4H2. The Morgan fingerprint density at radius 2 is 1.86 bits per heavy atom. The molecule has 1 fully saturated rings. The van der Waals surface area contributed by atoms with Crippen LogP contribution in [0, 0.1) is 0 Å². The van der Waals surface area contributed by atoms with Gasteiger partial charge in [-0.3, -0.25) is 0 Å². The molecule has 1 heterocycles. The van der Waals surface area contributed by atoms with Crippen molar-refractivity contribution in [2.24, 2.45) is 0 Å². The second kappa shape index (κ2) is 6.09. The first-order valence-electron chi connectivity index (χ1n) is 6.08. The quantitative estimate of drug-likeness (QED) is 0.810. The average molecular weight is 334 g/mol. The Hall–Kier alpha value is -0.870. The molecule has 0 saturated heterocycles. The van der Waals surface area contributed by atoms with Crippen molar-refractivity contribution in [3.05, 3.63) is 16.1 Å². The minimum Gasteiger partial charge on any atom is -0.354 e. The van der Waals surface area contributed by atoms with E-state index in [1.165, 1.54) is 16.7 Å². The van der Waals surface area contributed by atoms with E-state index in [1.54, 1.807) is 0 Å². The lowest BCUT2D eigenvalue weighted by atomic mass is 10.3. The molecule has 1 N–H and O–H groups in total. The van der Waals surface area contributed by atoms with E-state index >= 15 is 0 Å². The molecule has 0 bridgehead atoms. The zero-order chi connectivity index (χ0) is 15.7. The average Bonchev–Trinajstić information content (AvgIpc) is 3.03. The van der Waals surface area contributed by atoms with Gasteiger partial charge in [0.15, 0.2) is 0 Å². The number of rotatable bonds is 6. The van der Waals surface area contributed by atoms with Gasteiger partial charge in [0.2, 0.25) is 6.10 Å². The molecule has 0 aliphatic heterocycles. The summed E-state index contributed by atoms with van der Waals surface area (Å²) in [7, 11) is 0. The third-order valence-corrected chi connectivity index (χ3v) is 3.61. The van der Waals surface area contributed by atoms with Gasteiger partial charge in [0.25, 0.3) is 0 Å². The van der Waals surface area contributed by atoms with E-state index in [4.69, 9.17) is 0 Å². The highest BCUT2D eigenvalue weighted by Crippen LogP contribution is 2.36. The first-order chi connectivity index (χ1) is 9.66. The Kier molecular flexibility index (Phi) is 4.79. The molecule has 1 aliphatic rings. The summed E-state index contributed by atoms with van der Waals surface area (Å²) in [6.07, 6.45) is -12.6. The third kappa shape index (κ3) is 5.11. The molecule has 3 nitrogen and oxygen atoms in total. The van der Waals surface area contributed by atoms with Crippen molar-refractivity contribution in [3.8, 4) is 0 Å². The van der Waals surface area contributed by atoms with Crippen LogP contribution in [-0.2, 0) is 17.9 Å². The smallest absolute Gasteiger partial charge is 0.354 e. The van der Waals surface area contributed by atoms with Crippen molar-refractivity contribution in [2.75, 3.05) is 0 Å². The van der Waals surface area contributed by atoms with Crippen molar-refractivity contribution >= 4 is 11.3 Å². The van der Waals surface area contributed by atoms with Crippen molar-refractivity contribution < 1.29 is 31.1 Å². The fourth-order valence-electron chi connectivity index (χ4n) is 1.56. The minimum absolute atomic E-state index is 0.0612. The van der Waals surface area contributed by atoms with Crippen LogP contribution in [0.3, 0.4) is 0 Å². The van der Waals surface area contributed by atoms with Crippen LogP contribution < -0.4 is 5.32 Å². The van der Waals surface area contributed by atoms with Gasteiger partial charge in [-0.15, -0.1) is 11.3 Å². The minimum atomic E-state index is -5.50. The van der Waals surface area contributed by atoms with Gasteiger partial charge in [0.05, 0.1) is 12.3 Å². The molecule has 0 radical (unpaired) electrons. The summed E-state index contributed by atoms with van der Waals surface area (Å²) < 4.78 is 77.6. The Morgan fingerprint density at radius 3 is 2.38 bits per heavy atom. The van der Waals surface area contributed by atoms with Crippen LogP contribution in [-0.4, -0.2) is 29.5 Å². The number of aromatic nitrogens is 1. The molecule has 21 heavy (non-hydrogen) atoms. The number of alkyl halides is 6. The first-order valence-corrected chi connectivity index (χ1v) is 6.96. The molecule has 0 amide bonds. The van der Waals surface area contributed by atoms with E-state index in [-0.39, 0.29) is 5.69 Å². The maximum atomic E-state index is 12.3. The number of halogens is 6. The summed E-state index contributed by atoms with van der Waals surface area (Å²) in [6.45, 7) is -0.374. The van der Waals surface area contributed by atoms with E-state index in [0.29, 0.717) is 17.6 Å². The molecule has 0 unspecified atom stereocenters. The Morgan fingerprint density at radius 1 is 1.24 bits per heavy atom. The number of nitrogens with zero attached hydrogens (tertiary/aromatic N) is 1. The second-order valence-electron chi connectivity index (χ2n) is 4.66. The van der Waals surface area contributed by atoms with Crippen molar-refractivity contribution in [3.63, 3.8) is 0 Å². The topological polar surface area (TPSA) is 34.1 Å². The largest absolute Gasteiger partial charge is 0.423 e. The van der Waals surface area contributed by atoms with Gasteiger partial charge < -0.3 is 10.1 Å². The van der Waals surface area contributed by atoms with Crippen LogP contribution in [0.15, 0.2) is 5.38 Å². The van der Waals surface area contributed by atoms with Gasteiger partial charge in [0, 0.05) is 18.0 Å². The highest BCUT2D eigenvalue weighted by Gasteiger charge is 2.58. The lowest BCUT2D eigenvalue weighted by Gasteiger charge is -2.22. The number of nitrogens with one attached hydrogen (secondary N) is 1. The van der Waals surface area contributed by atoms with Gasteiger partial charge in [0.1, 0.15) is 5.01 Å². The Bertz CT molecular complexity index is 454. The molecule has 1 saturated carbocycles. The fourth-order valence-corrected chi connectivity index (χ4v) is 2.29. The number of ether oxygens (including phenoxy) is 1. The first kappa shape index (κ1) is 16.5. The third-order valence-electron chi connectivity index (χ3n) is 2.71. The highest BCUT2D eigenvalue weighted by molar-refractivity contribution is 7.09. The van der Waals surface area contributed by atoms with Gasteiger partial charge in [-0.2, -0.15) is 26.3 Å². The SMILES string of the molecule is FC(F)(F)C(OCc1csc(CNC2CC2)n1)C(F)(F)F. The van der Waals surface area contributed by atoms with E-state index in [2.05, 4.69) is 15.0 Å². The number of thiazole rings is 1. The van der Waals surface area contributed by atoms with Crippen LogP contribution in [0.2, 0.25) is 0 Å². The van der Waals surface area contributed by atoms with Gasteiger partial charge in [-0.25, -0.2) is 4.98 Å². The fraction of sp³-hybridized carbons (Fsp3) is 0.727. The van der Waals surface area contributed by atoms with Crippen molar-refractivity contribution in [2.45, 2.75) is 50.5 Å². The Balaban J connectivity index is 1.88. The van der Waals surface area contributed by atoms with Crippen molar-refractivity contribution in [1.29, 1.82) is 0 Å². The zero-order valence-corrected chi connectivity index (χ0v) is 11.4. The predicted molar refractivity (Wildman–Crippen MR) is 62.7 cm³/mol. The molecule has 1 aromatic heterocycles. The summed E-state index contributed by atoms with van der Waals surface area (Å²) in [5.74, 6) is 0. The summed E-state index contributed by atoms with van der Waals surface area (Å²) in [4.78, 5) is 3.94. The van der Waals surface area contributed by atoms with Crippen molar-refractivity contribution in [1.82, 2.24) is 10.3 Å². The summed E-state index contributed by atoms with van der Waals surface area (Å²) in [5.41, 5.74) is 0.0612. The normalized spacial score (nSPS) is 16.7. The molecular weight excluding hydrogens is 322 g/mol. The van der Waals surface area contributed by atoms with Crippen LogP contribution in [0.1, 0.15) is 23.5 Å². The van der Waals surface area contributed by atoms with Crippen LogP contribution in [0.5, 0.6) is 0 Å². The van der Waals surface area contributed by atoms with Crippen LogP contribution >= 0.6 is 11.3 Å². The summed E-state index contributed by atoms with van der Waals surface area (Å²) >= 11 is 1.17. The molecule has 1 aliphatic carbocycles. The molecule has 0 atom stereocenters. The van der Waals surface area contributed by atoms with E-state index in [9.17, 15) is 26.3 Å². The molecule has 2 rings (SSSR count). The lowest BCUT2D eigenvalue weighted by molar-refractivity contribution is -0.324.